The van der Waals surface area contributed by atoms with E-state index in [0.717, 1.165) is 29.5 Å². The fourth-order valence-electron chi connectivity index (χ4n) is 2.84. The highest BCUT2D eigenvalue weighted by Gasteiger charge is 2.10. The highest BCUT2D eigenvalue weighted by molar-refractivity contribution is 9.10. The summed E-state index contributed by atoms with van der Waals surface area (Å²) < 4.78 is 12.0. The fraction of sp³-hybridized carbons (Fsp3) is 0.208. The van der Waals surface area contributed by atoms with Gasteiger partial charge in [0, 0.05) is 6.42 Å². The third kappa shape index (κ3) is 6.24. The van der Waals surface area contributed by atoms with Gasteiger partial charge < -0.3 is 9.47 Å². The Labute approximate surface area is 174 Å². The molecule has 0 radical (unpaired) electrons. The Balaban J connectivity index is 1.44. The molecule has 28 heavy (non-hydrogen) atoms. The normalized spacial score (nSPS) is 10.5. The first-order valence-electron chi connectivity index (χ1n) is 9.40. The van der Waals surface area contributed by atoms with Crippen molar-refractivity contribution in [2.75, 3.05) is 13.2 Å². The van der Waals surface area contributed by atoms with Crippen molar-refractivity contribution in [3.05, 3.63) is 100 Å². The third-order valence-corrected chi connectivity index (χ3v) is 4.96. The SMILES string of the molecule is O=C(OCCCc1ccccc1)c1ccc(OCCc2ccccc2)c(Br)c1. The van der Waals surface area contributed by atoms with Crippen molar-refractivity contribution in [2.45, 2.75) is 19.3 Å². The van der Waals surface area contributed by atoms with Crippen LogP contribution in [0.15, 0.2) is 83.3 Å². The number of rotatable bonds is 9. The molecule has 4 heteroatoms. The summed E-state index contributed by atoms with van der Waals surface area (Å²) in [6.07, 6.45) is 2.53. The van der Waals surface area contributed by atoms with Gasteiger partial charge in [-0.25, -0.2) is 4.79 Å². The maximum absolute atomic E-state index is 12.2. The minimum Gasteiger partial charge on any atom is -0.492 e. The van der Waals surface area contributed by atoms with Gasteiger partial charge in [-0.05, 0) is 58.1 Å². The first kappa shape index (κ1) is 20.2. The standard InChI is InChI=1S/C24H23BrO3/c25-22-18-21(24(26)28-16-7-12-19-8-3-1-4-9-19)13-14-23(22)27-17-15-20-10-5-2-6-11-20/h1-6,8-11,13-14,18H,7,12,15-17H2. The van der Waals surface area contributed by atoms with E-state index in [2.05, 4.69) is 40.2 Å². The molecule has 0 fully saturated rings. The first-order chi connectivity index (χ1) is 13.7. The van der Waals surface area contributed by atoms with Gasteiger partial charge in [0.05, 0.1) is 23.2 Å². The number of benzene rings is 3. The molecule has 0 aliphatic rings. The molecule has 0 saturated carbocycles. The maximum Gasteiger partial charge on any atom is 0.338 e. The smallest absolute Gasteiger partial charge is 0.338 e. The van der Waals surface area contributed by atoms with Crippen LogP contribution in [0.5, 0.6) is 5.75 Å². The number of aryl methyl sites for hydroxylation is 1. The minimum absolute atomic E-state index is 0.315. The fourth-order valence-corrected chi connectivity index (χ4v) is 3.33. The number of hydrogen-bond donors (Lipinski definition) is 0. The van der Waals surface area contributed by atoms with E-state index in [-0.39, 0.29) is 5.97 Å². The molecule has 0 saturated heterocycles. The van der Waals surface area contributed by atoms with Crippen LogP contribution < -0.4 is 4.74 Å². The van der Waals surface area contributed by atoms with E-state index in [0.29, 0.717) is 18.8 Å². The van der Waals surface area contributed by atoms with E-state index >= 15 is 0 Å². The van der Waals surface area contributed by atoms with Gasteiger partial charge in [0.2, 0.25) is 0 Å². The molecule has 0 aliphatic heterocycles. The summed E-state index contributed by atoms with van der Waals surface area (Å²) in [5.74, 6) is 0.404. The topological polar surface area (TPSA) is 35.5 Å². The number of carbonyl (C=O) groups excluding carboxylic acids is 1. The van der Waals surface area contributed by atoms with Crippen molar-refractivity contribution in [1.82, 2.24) is 0 Å². The molecule has 0 N–H and O–H groups in total. The molecule has 0 aromatic heterocycles. The summed E-state index contributed by atoms with van der Waals surface area (Å²) in [6, 6.07) is 25.7. The zero-order valence-electron chi connectivity index (χ0n) is 15.6. The second-order valence-electron chi connectivity index (χ2n) is 6.45. The van der Waals surface area contributed by atoms with Crippen molar-refractivity contribution in [3.8, 4) is 5.75 Å². The van der Waals surface area contributed by atoms with E-state index in [1.54, 1.807) is 18.2 Å². The Morgan fingerprint density at radius 1 is 0.786 bits per heavy atom. The molecule has 3 aromatic carbocycles. The largest absolute Gasteiger partial charge is 0.492 e. The molecule has 144 valence electrons. The van der Waals surface area contributed by atoms with Gasteiger partial charge in [-0.2, -0.15) is 0 Å². The number of ether oxygens (including phenoxy) is 2. The van der Waals surface area contributed by atoms with Gasteiger partial charge >= 0.3 is 5.97 Å². The van der Waals surface area contributed by atoms with Gasteiger partial charge in [0.15, 0.2) is 0 Å². The van der Waals surface area contributed by atoms with Crippen molar-refractivity contribution >= 4 is 21.9 Å². The van der Waals surface area contributed by atoms with E-state index < -0.39 is 0 Å². The molecule has 0 unspecified atom stereocenters. The molecular formula is C24H23BrO3. The van der Waals surface area contributed by atoms with Crippen LogP contribution in [0.4, 0.5) is 0 Å². The van der Waals surface area contributed by atoms with Crippen LogP contribution in [0.1, 0.15) is 27.9 Å². The van der Waals surface area contributed by atoms with Crippen molar-refractivity contribution in [3.63, 3.8) is 0 Å². The third-order valence-electron chi connectivity index (χ3n) is 4.34. The molecule has 0 heterocycles. The Morgan fingerprint density at radius 3 is 2.07 bits per heavy atom. The van der Waals surface area contributed by atoms with Crippen LogP contribution >= 0.6 is 15.9 Å². The lowest BCUT2D eigenvalue weighted by Crippen LogP contribution is -2.08. The zero-order chi connectivity index (χ0) is 19.6. The summed E-state index contributed by atoms with van der Waals surface area (Å²) in [4.78, 5) is 12.2. The number of halogens is 1. The lowest BCUT2D eigenvalue weighted by molar-refractivity contribution is 0.0500. The Hall–Kier alpha value is -2.59. The van der Waals surface area contributed by atoms with Crippen LogP contribution in [0.3, 0.4) is 0 Å². The molecule has 0 atom stereocenters. The van der Waals surface area contributed by atoms with Crippen molar-refractivity contribution in [2.24, 2.45) is 0 Å². The van der Waals surface area contributed by atoms with Gasteiger partial charge in [0.25, 0.3) is 0 Å². The van der Waals surface area contributed by atoms with Gasteiger partial charge in [-0.3, -0.25) is 0 Å². The van der Waals surface area contributed by atoms with Crippen molar-refractivity contribution in [1.29, 1.82) is 0 Å². The molecule has 3 nitrogen and oxygen atoms in total. The van der Waals surface area contributed by atoms with Crippen LogP contribution in [0, 0.1) is 0 Å². The molecular weight excluding hydrogens is 416 g/mol. The summed E-state index contributed by atoms with van der Waals surface area (Å²) in [7, 11) is 0. The average molecular weight is 439 g/mol. The molecule has 0 amide bonds. The number of esters is 1. The predicted octanol–water partition coefficient (Wildman–Crippen LogP) is 5.86. The number of hydrogen-bond acceptors (Lipinski definition) is 3. The van der Waals surface area contributed by atoms with Gasteiger partial charge in [0.1, 0.15) is 5.75 Å². The highest BCUT2D eigenvalue weighted by atomic mass is 79.9. The average Bonchev–Trinajstić information content (AvgIpc) is 2.74. The van der Waals surface area contributed by atoms with Crippen LogP contribution in [0.2, 0.25) is 0 Å². The van der Waals surface area contributed by atoms with E-state index in [1.807, 2.05) is 36.4 Å². The summed E-state index contributed by atoms with van der Waals surface area (Å²) in [5.41, 5.74) is 3.00. The van der Waals surface area contributed by atoms with Crippen molar-refractivity contribution < 1.29 is 14.3 Å². The van der Waals surface area contributed by atoms with Gasteiger partial charge in [-0.15, -0.1) is 0 Å². The lowest BCUT2D eigenvalue weighted by atomic mass is 10.1. The minimum atomic E-state index is -0.315. The van der Waals surface area contributed by atoms with E-state index in [4.69, 9.17) is 9.47 Å². The summed E-state index contributed by atoms with van der Waals surface area (Å²) >= 11 is 3.48. The first-order valence-corrected chi connectivity index (χ1v) is 10.2. The molecule has 0 bridgehead atoms. The van der Waals surface area contributed by atoms with Crippen LogP contribution in [0.25, 0.3) is 0 Å². The second kappa shape index (κ2) is 10.7. The summed E-state index contributed by atoms with van der Waals surface area (Å²) in [5, 5.41) is 0. The van der Waals surface area contributed by atoms with Crippen LogP contribution in [-0.4, -0.2) is 19.2 Å². The molecule has 0 aliphatic carbocycles. The maximum atomic E-state index is 12.2. The Morgan fingerprint density at radius 2 is 1.43 bits per heavy atom. The quantitative estimate of drug-likeness (QED) is 0.310. The second-order valence-corrected chi connectivity index (χ2v) is 7.31. The van der Waals surface area contributed by atoms with E-state index in [1.165, 1.54) is 11.1 Å². The van der Waals surface area contributed by atoms with E-state index in [9.17, 15) is 4.79 Å². The van der Waals surface area contributed by atoms with Gasteiger partial charge in [-0.1, -0.05) is 60.7 Å². The summed E-state index contributed by atoms with van der Waals surface area (Å²) in [6.45, 7) is 0.979. The lowest BCUT2D eigenvalue weighted by Gasteiger charge is -2.10. The highest BCUT2D eigenvalue weighted by Crippen LogP contribution is 2.26. The monoisotopic (exact) mass is 438 g/mol. The van der Waals surface area contributed by atoms with Crippen LogP contribution in [-0.2, 0) is 17.6 Å². The Bertz CT molecular complexity index is 879. The molecule has 0 spiro atoms. The molecule has 3 rings (SSSR count). The number of carbonyl (C=O) groups is 1. The predicted molar refractivity (Wildman–Crippen MR) is 115 cm³/mol. The Kier molecular flexibility index (Phi) is 7.68. The zero-order valence-corrected chi connectivity index (χ0v) is 17.2. The molecule has 3 aromatic rings.